The Bertz CT molecular complexity index is 577. The second-order valence-corrected chi connectivity index (χ2v) is 4.33. The SMILES string of the molecule is CC(=O)c1ccc(C(=O)c2ccc(C)cc2)cc1. The zero-order valence-corrected chi connectivity index (χ0v) is 10.4. The molecule has 0 bridgehead atoms. The summed E-state index contributed by atoms with van der Waals surface area (Å²) >= 11 is 0. The zero-order chi connectivity index (χ0) is 13.1. The molecule has 18 heavy (non-hydrogen) atoms. The van der Waals surface area contributed by atoms with E-state index in [4.69, 9.17) is 0 Å². The van der Waals surface area contributed by atoms with Crippen molar-refractivity contribution in [2.75, 3.05) is 0 Å². The van der Waals surface area contributed by atoms with Crippen LogP contribution in [0.15, 0.2) is 48.5 Å². The molecule has 0 aliphatic heterocycles. The summed E-state index contributed by atoms with van der Waals surface area (Å²) < 4.78 is 0. The molecule has 0 amide bonds. The molecule has 0 radical (unpaired) electrons. The van der Waals surface area contributed by atoms with Crippen LogP contribution in [0.3, 0.4) is 0 Å². The van der Waals surface area contributed by atoms with Gasteiger partial charge in [0.25, 0.3) is 0 Å². The second-order valence-electron chi connectivity index (χ2n) is 4.33. The van der Waals surface area contributed by atoms with E-state index in [0.717, 1.165) is 5.56 Å². The van der Waals surface area contributed by atoms with Gasteiger partial charge in [-0.15, -0.1) is 0 Å². The molecule has 0 saturated heterocycles. The molecule has 2 nitrogen and oxygen atoms in total. The molecule has 2 aromatic rings. The monoisotopic (exact) mass is 238 g/mol. The molecule has 0 heterocycles. The van der Waals surface area contributed by atoms with E-state index in [2.05, 4.69) is 0 Å². The lowest BCUT2D eigenvalue weighted by Gasteiger charge is -2.02. The lowest BCUT2D eigenvalue weighted by Crippen LogP contribution is -2.02. The molecule has 2 heteroatoms. The normalized spacial score (nSPS) is 10.1. The number of ketones is 2. The molecule has 2 aromatic carbocycles. The molecule has 0 aliphatic rings. The van der Waals surface area contributed by atoms with Gasteiger partial charge in [0.15, 0.2) is 11.6 Å². The van der Waals surface area contributed by atoms with E-state index in [1.807, 2.05) is 31.2 Å². The van der Waals surface area contributed by atoms with Crippen molar-refractivity contribution in [3.8, 4) is 0 Å². The van der Waals surface area contributed by atoms with Crippen molar-refractivity contribution in [1.29, 1.82) is 0 Å². The van der Waals surface area contributed by atoms with Gasteiger partial charge < -0.3 is 0 Å². The van der Waals surface area contributed by atoms with Gasteiger partial charge >= 0.3 is 0 Å². The van der Waals surface area contributed by atoms with E-state index < -0.39 is 0 Å². The Morgan fingerprint density at radius 2 is 1.11 bits per heavy atom. The van der Waals surface area contributed by atoms with E-state index >= 15 is 0 Å². The zero-order valence-electron chi connectivity index (χ0n) is 10.4. The maximum atomic E-state index is 12.2. The third-order valence-electron chi connectivity index (χ3n) is 2.87. The Balaban J connectivity index is 2.28. The first-order valence-corrected chi connectivity index (χ1v) is 5.80. The summed E-state index contributed by atoms with van der Waals surface area (Å²) in [7, 11) is 0. The van der Waals surface area contributed by atoms with Crippen molar-refractivity contribution in [3.63, 3.8) is 0 Å². The largest absolute Gasteiger partial charge is 0.295 e. The highest BCUT2D eigenvalue weighted by atomic mass is 16.1. The molecule has 0 saturated carbocycles. The number of carbonyl (C=O) groups excluding carboxylic acids is 2. The average Bonchev–Trinajstić information content (AvgIpc) is 2.39. The average molecular weight is 238 g/mol. The first-order chi connectivity index (χ1) is 8.58. The highest BCUT2D eigenvalue weighted by Crippen LogP contribution is 2.12. The summed E-state index contributed by atoms with van der Waals surface area (Å²) in [5, 5.41) is 0. The molecule has 2 rings (SSSR count). The summed E-state index contributed by atoms with van der Waals surface area (Å²) in [5.41, 5.74) is 3.01. The number of benzene rings is 2. The fourth-order valence-corrected chi connectivity index (χ4v) is 1.73. The number of hydrogen-bond acceptors (Lipinski definition) is 2. The summed E-state index contributed by atoms with van der Waals surface area (Å²) in [4.78, 5) is 23.3. The van der Waals surface area contributed by atoms with Gasteiger partial charge in [-0.05, 0) is 13.8 Å². The van der Waals surface area contributed by atoms with Gasteiger partial charge in [0.05, 0.1) is 0 Å². The molecular formula is C16H14O2. The number of carbonyl (C=O) groups is 2. The summed E-state index contributed by atoms with van der Waals surface area (Å²) in [6.45, 7) is 3.49. The quantitative estimate of drug-likeness (QED) is 0.768. The topological polar surface area (TPSA) is 34.1 Å². The van der Waals surface area contributed by atoms with Gasteiger partial charge in [0, 0.05) is 16.7 Å². The van der Waals surface area contributed by atoms with Crippen molar-refractivity contribution in [2.45, 2.75) is 13.8 Å². The second kappa shape index (κ2) is 4.96. The molecule has 0 aromatic heterocycles. The van der Waals surface area contributed by atoms with Crippen LogP contribution in [0.1, 0.15) is 38.8 Å². The Morgan fingerprint density at radius 1 is 0.722 bits per heavy atom. The summed E-state index contributed by atoms with van der Waals surface area (Å²) in [6.07, 6.45) is 0. The molecule has 0 fully saturated rings. The van der Waals surface area contributed by atoms with Crippen molar-refractivity contribution in [1.82, 2.24) is 0 Å². The maximum Gasteiger partial charge on any atom is 0.193 e. The Kier molecular flexibility index (Phi) is 3.38. The van der Waals surface area contributed by atoms with E-state index in [0.29, 0.717) is 16.7 Å². The predicted octanol–water partition coefficient (Wildman–Crippen LogP) is 3.43. The molecule has 0 aliphatic carbocycles. The highest BCUT2D eigenvalue weighted by Gasteiger charge is 2.09. The van der Waals surface area contributed by atoms with Crippen LogP contribution in [0.25, 0.3) is 0 Å². The molecular weight excluding hydrogens is 224 g/mol. The van der Waals surface area contributed by atoms with Crippen LogP contribution < -0.4 is 0 Å². The minimum absolute atomic E-state index is 0.00401. The van der Waals surface area contributed by atoms with Crippen LogP contribution in [0.2, 0.25) is 0 Å². The standard InChI is InChI=1S/C16H14O2/c1-11-3-5-14(6-4-11)16(18)15-9-7-13(8-10-15)12(2)17/h3-10H,1-2H3. The lowest BCUT2D eigenvalue weighted by molar-refractivity contribution is 0.101. The number of hydrogen-bond donors (Lipinski definition) is 0. The third kappa shape index (κ3) is 2.54. The maximum absolute atomic E-state index is 12.2. The van der Waals surface area contributed by atoms with Crippen LogP contribution in [0, 0.1) is 6.92 Å². The molecule has 0 N–H and O–H groups in total. The van der Waals surface area contributed by atoms with Crippen LogP contribution in [0.4, 0.5) is 0 Å². The van der Waals surface area contributed by atoms with Gasteiger partial charge in [-0.1, -0.05) is 54.1 Å². The van der Waals surface area contributed by atoms with Gasteiger partial charge in [-0.3, -0.25) is 9.59 Å². The minimum Gasteiger partial charge on any atom is -0.295 e. The third-order valence-corrected chi connectivity index (χ3v) is 2.87. The fraction of sp³-hybridized carbons (Fsp3) is 0.125. The van der Waals surface area contributed by atoms with Gasteiger partial charge in [0.2, 0.25) is 0 Å². The number of Topliss-reactive ketones (excluding diaryl/α,β-unsaturated/α-hetero) is 1. The fourth-order valence-electron chi connectivity index (χ4n) is 1.73. The molecule has 90 valence electrons. The van der Waals surface area contributed by atoms with Crippen LogP contribution in [0.5, 0.6) is 0 Å². The Hall–Kier alpha value is -2.22. The number of rotatable bonds is 3. The van der Waals surface area contributed by atoms with Crippen molar-refractivity contribution < 1.29 is 9.59 Å². The van der Waals surface area contributed by atoms with Crippen LogP contribution in [-0.4, -0.2) is 11.6 Å². The van der Waals surface area contributed by atoms with Gasteiger partial charge in [-0.2, -0.15) is 0 Å². The Morgan fingerprint density at radius 3 is 1.56 bits per heavy atom. The highest BCUT2D eigenvalue weighted by molar-refractivity contribution is 6.09. The van der Waals surface area contributed by atoms with E-state index in [1.54, 1.807) is 24.3 Å². The molecule has 0 unspecified atom stereocenters. The number of aryl methyl sites for hydroxylation is 1. The van der Waals surface area contributed by atoms with Crippen molar-refractivity contribution >= 4 is 11.6 Å². The summed E-state index contributed by atoms with van der Waals surface area (Å²) in [6, 6.07) is 14.2. The smallest absolute Gasteiger partial charge is 0.193 e. The van der Waals surface area contributed by atoms with Crippen molar-refractivity contribution in [3.05, 3.63) is 70.8 Å². The van der Waals surface area contributed by atoms with Crippen LogP contribution >= 0.6 is 0 Å². The van der Waals surface area contributed by atoms with Crippen molar-refractivity contribution in [2.24, 2.45) is 0 Å². The predicted molar refractivity (Wildman–Crippen MR) is 71.1 cm³/mol. The van der Waals surface area contributed by atoms with E-state index in [9.17, 15) is 9.59 Å². The lowest BCUT2D eigenvalue weighted by atomic mass is 10.0. The summed E-state index contributed by atoms with van der Waals surface area (Å²) in [5.74, 6) is -0.0190. The Labute approximate surface area is 106 Å². The molecule has 0 spiro atoms. The first-order valence-electron chi connectivity index (χ1n) is 5.80. The van der Waals surface area contributed by atoms with Crippen LogP contribution in [-0.2, 0) is 0 Å². The molecule has 0 atom stereocenters. The van der Waals surface area contributed by atoms with E-state index in [1.165, 1.54) is 6.92 Å². The van der Waals surface area contributed by atoms with Gasteiger partial charge in [0.1, 0.15) is 0 Å². The minimum atomic E-state index is -0.0231. The van der Waals surface area contributed by atoms with E-state index in [-0.39, 0.29) is 11.6 Å². The van der Waals surface area contributed by atoms with Gasteiger partial charge in [-0.25, -0.2) is 0 Å². The first kappa shape index (κ1) is 12.2.